The summed E-state index contributed by atoms with van der Waals surface area (Å²) in [6, 6.07) is 5.19. The van der Waals surface area contributed by atoms with Gasteiger partial charge < -0.3 is 5.32 Å². The highest BCUT2D eigenvalue weighted by molar-refractivity contribution is 7.89. The molecule has 0 aromatic heterocycles. The van der Waals surface area contributed by atoms with Gasteiger partial charge in [0.25, 0.3) is 0 Å². The summed E-state index contributed by atoms with van der Waals surface area (Å²) in [4.78, 5) is 0.0288. The lowest BCUT2D eigenvalue weighted by atomic mass is 9.87. The second-order valence-corrected chi connectivity index (χ2v) is 8.73. The molecular weight excluding hydrogens is 377 g/mol. The summed E-state index contributed by atoms with van der Waals surface area (Å²) in [5, 5.41) is 8.57. The van der Waals surface area contributed by atoms with Gasteiger partial charge in [-0.25, -0.2) is 26.7 Å². The molecule has 2 atom stereocenters. The molecule has 0 saturated carbocycles. The number of halogens is 3. The molecule has 2 aliphatic rings. The van der Waals surface area contributed by atoms with Crippen molar-refractivity contribution in [1.29, 1.82) is 0 Å². The molecule has 27 heavy (non-hydrogen) atoms. The Morgan fingerprint density at radius 2 is 1.74 bits per heavy atom. The van der Waals surface area contributed by atoms with Crippen LogP contribution in [-0.4, -0.2) is 8.42 Å². The van der Waals surface area contributed by atoms with Crippen molar-refractivity contribution in [1.82, 2.24) is 5.32 Å². The van der Waals surface area contributed by atoms with Gasteiger partial charge in [0.05, 0.1) is 4.90 Å². The molecule has 144 valence electrons. The molecular formula is C19H19F3N2O2S. The van der Waals surface area contributed by atoms with E-state index in [4.69, 9.17) is 5.14 Å². The second kappa shape index (κ2) is 6.61. The predicted molar refractivity (Wildman–Crippen MR) is 94.0 cm³/mol. The van der Waals surface area contributed by atoms with Crippen LogP contribution in [0.1, 0.15) is 53.6 Å². The van der Waals surface area contributed by atoms with Gasteiger partial charge in [-0.2, -0.15) is 0 Å². The minimum Gasteiger partial charge on any atom is -0.303 e. The maximum atomic E-state index is 14.3. The van der Waals surface area contributed by atoms with Gasteiger partial charge in [-0.3, -0.25) is 0 Å². The van der Waals surface area contributed by atoms with Crippen molar-refractivity contribution >= 4 is 10.0 Å². The van der Waals surface area contributed by atoms with E-state index in [1.165, 1.54) is 6.07 Å². The molecule has 2 aromatic rings. The zero-order valence-electron chi connectivity index (χ0n) is 14.4. The van der Waals surface area contributed by atoms with Crippen molar-refractivity contribution in [3.8, 4) is 0 Å². The SMILES string of the molecule is NS(=O)(=O)c1ccc2c(c1)C(NC1CCc3cc(F)c(F)c(F)c31)CCC2. The van der Waals surface area contributed by atoms with Crippen molar-refractivity contribution in [2.45, 2.75) is 49.1 Å². The first kappa shape index (κ1) is 18.5. The molecule has 0 saturated heterocycles. The van der Waals surface area contributed by atoms with Crippen LogP contribution in [0.5, 0.6) is 0 Å². The van der Waals surface area contributed by atoms with Crippen LogP contribution in [0.2, 0.25) is 0 Å². The first-order valence-corrected chi connectivity index (χ1v) is 10.4. The Labute approximate surface area is 155 Å². The molecule has 4 rings (SSSR count). The fraction of sp³-hybridized carbons (Fsp3) is 0.368. The summed E-state index contributed by atoms with van der Waals surface area (Å²) >= 11 is 0. The second-order valence-electron chi connectivity index (χ2n) is 7.17. The summed E-state index contributed by atoms with van der Waals surface area (Å²) < 4.78 is 64.9. The molecule has 0 fully saturated rings. The summed E-state index contributed by atoms with van der Waals surface area (Å²) in [7, 11) is -3.83. The van der Waals surface area contributed by atoms with Gasteiger partial charge in [0.15, 0.2) is 17.5 Å². The van der Waals surface area contributed by atoms with Gasteiger partial charge >= 0.3 is 0 Å². The molecule has 8 heteroatoms. The third kappa shape index (κ3) is 3.26. The molecule has 2 unspecified atom stereocenters. The van der Waals surface area contributed by atoms with Gasteiger partial charge in [-0.05, 0) is 67.0 Å². The number of hydrogen-bond donors (Lipinski definition) is 2. The Kier molecular flexibility index (Phi) is 4.52. The van der Waals surface area contributed by atoms with E-state index in [0.717, 1.165) is 36.5 Å². The Morgan fingerprint density at radius 1 is 0.963 bits per heavy atom. The van der Waals surface area contributed by atoms with E-state index in [0.29, 0.717) is 18.4 Å². The average Bonchev–Trinajstić information content (AvgIpc) is 3.01. The van der Waals surface area contributed by atoms with Crippen LogP contribution in [0.3, 0.4) is 0 Å². The molecule has 0 heterocycles. The molecule has 0 amide bonds. The van der Waals surface area contributed by atoms with E-state index in [-0.39, 0.29) is 16.5 Å². The standard InChI is InChI=1S/C19H19F3N2O2S/c20-14-8-11-5-7-16(17(11)19(22)18(14)21)24-15-3-1-2-10-4-6-12(9-13(10)15)27(23,25)26/h4,6,8-9,15-16,24H,1-3,5,7H2,(H2,23,25,26). The highest BCUT2D eigenvalue weighted by Crippen LogP contribution is 2.39. The Balaban J connectivity index is 1.68. The Morgan fingerprint density at radius 3 is 2.48 bits per heavy atom. The first-order valence-electron chi connectivity index (χ1n) is 8.83. The zero-order valence-corrected chi connectivity index (χ0v) is 15.3. The monoisotopic (exact) mass is 396 g/mol. The third-order valence-electron chi connectivity index (χ3n) is 5.50. The molecule has 0 aliphatic heterocycles. The number of primary sulfonamides is 1. The molecule has 3 N–H and O–H groups in total. The maximum absolute atomic E-state index is 14.3. The average molecular weight is 396 g/mol. The smallest absolute Gasteiger partial charge is 0.238 e. The number of sulfonamides is 1. The molecule has 2 aromatic carbocycles. The molecule has 0 bridgehead atoms. The van der Waals surface area contributed by atoms with E-state index in [2.05, 4.69) is 5.32 Å². The predicted octanol–water partition coefficient (Wildman–Crippen LogP) is 3.41. The van der Waals surface area contributed by atoms with Crippen LogP contribution in [0.15, 0.2) is 29.2 Å². The minimum absolute atomic E-state index is 0.0288. The summed E-state index contributed by atoms with van der Waals surface area (Å²) in [6.07, 6.45) is 3.42. The van der Waals surface area contributed by atoms with E-state index in [1.807, 2.05) is 0 Å². The van der Waals surface area contributed by atoms with Crippen LogP contribution in [0.25, 0.3) is 0 Å². The highest BCUT2D eigenvalue weighted by atomic mass is 32.2. The number of hydrogen-bond acceptors (Lipinski definition) is 3. The van der Waals surface area contributed by atoms with Crippen LogP contribution in [-0.2, 0) is 22.9 Å². The van der Waals surface area contributed by atoms with Gasteiger partial charge in [-0.15, -0.1) is 0 Å². The maximum Gasteiger partial charge on any atom is 0.238 e. The van der Waals surface area contributed by atoms with Gasteiger partial charge in [0.2, 0.25) is 10.0 Å². The van der Waals surface area contributed by atoms with E-state index >= 15 is 0 Å². The summed E-state index contributed by atoms with van der Waals surface area (Å²) in [5.41, 5.74) is 2.46. The highest BCUT2D eigenvalue weighted by Gasteiger charge is 2.33. The number of aryl methyl sites for hydroxylation is 2. The molecule has 0 spiro atoms. The van der Waals surface area contributed by atoms with Crippen molar-refractivity contribution in [3.05, 3.63) is 64.0 Å². The fourth-order valence-electron chi connectivity index (χ4n) is 4.22. The van der Waals surface area contributed by atoms with Gasteiger partial charge in [0, 0.05) is 17.6 Å². The number of benzene rings is 2. The fourth-order valence-corrected chi connectivity index (χ4v) is 4.77. The van der Waals surface area contributed by atoms with Crippen LogP contribution in [0, 0.1) is 17.5 Å². The number of nitrogens with two attached hydrogens (primary N) is 1. The lowest BCUT2D eigenvalue weighted by molar-refractivity contribution is 0.382. The summed E-state index contributed by atoms with van der Waals surface area (Å²) in [6.45, 7) is 0. The molecule has 0 radical (unpaired) electrons. The van der Waals surface area contributed by atoms with E-state index in [9.17, 15) is 21.6 Å². The largest absolute Gasteiger partial charge is 0.303 e. The van der Waals surface area contributed by atoms with Crippen LogP contribution >= 0.6 is 0 Å². The van der Waals surface area contributed by atoms with Gasteiger partial charge in [0.1, 0.15) is 0 Å². The van der Waals surface area contributed by atoms with Gasteiger partial charge in [-0.1, -0.05) is 6.07 Å². The summed E-state index contributed by atoms with van der Waals surface area (Å²) in [5.74, 6) is -3.77. The molecule has 2 aliphatic carbocycles. The minimum atomic E-state index is -3.83. The number of rotatable bonds is 3. The third-order valence-corrected chi connectivity index (χ3v) is 6.41. The Hall–Kier alpha value is -1.90. The quantitative estimate of drug-likeness (QED) is 0.781. The number of nitrogens with one attached hydrogen (secondary N) is 1. The molecule has 4 nitrogen and oxygen atoms in total. The van der Waals surface area contributed by atoms with Crippen molar-refractivity contribution in [2.75, 3.05) is 0 Å². The Bertz CT molecular complexity index is 1020. The first-order chi connectivity index (χ1) is 12.8. The normalized spacial score (nSPS) is 21.8. The topological polar surface area (TPSA) is 72.2 Å². The lowest BCUT2D eigenvalue weighted by Crippen LogP contribution is -2.29. The van der Waals surface area contributed by atoms with Crippen molar-refractivity contribution in [3.63, 3.8) is 0 Å². The van der Waals surface area contributed by atoms with E-state index < -0.39 is 33.5 Å². The van der Waals surface area contributed by atoms with E-state index in [1.54, 1.807) is 12.1 Å². The van der Waals surface area contributed by atoms with Crippen molar-refractivity contribution in [2.24, 2.45) is 5.14 Å². The zero-order chi connectivity index (χ0) is 19.3. The van der Waals surface area contributed by atoms with Crippen molar-refractivity contribution < 1.29 is 21.6 Å². The van der Waals surface area contributed by atoms with Crippen LogP contribution in [0.4, 0.5) is 13.2 Å². The lowest BCUT2D eigenvalue weighted by Gasteiger charge is -2.30. The van der Waals surface area contributed by atoms with Crippen LogP contribution < -0.4 is 10.5 Å². The number of fused-ring (bicyclic) bond motifs is 2.